The molecule has 1 aliphatic rings. The number of hydrogen-bond donors (Lipinski definition) is 1. The molecule has 0 saturated heterocycles. The molecule has 0 aromatic carbocycles. The van der Waals surface area contributed by atoms with Gasteiger partial charge in [0.1, 0.15) is 0 Å². The summed E-state index contributed by atoms with van der Waals surface area (Å²) in [6.45, 7) is 0. The first-order valence-electron chi connectivity index (χ1n) is 3.17. The number of thiophene rings is 1. The lowest BCUT2D eigenvalue weighted by Gasteiger charge is -2.03. The summed E-state index contributed by atoms with van der Waals surface area (Å²) in [5, 5.41) is 13.7. The van der Waals surface area contributed by atoms with E-state index in [-0.39, 0.29) is 0 Å². The van der Waals surface area contributed by atoms with Crippen molar-refractivity contribution in [2.75, 3.05) is 0 Å². The van der Waals surface area contributed by atoms with Gasteiger partial charge < -0.3 is 5.11 Å². The van der Waals surface area contributed by atoms with Crippen LogP contribution in [0.15, 0.2) is 15.2 Å². The Balaban J connectivity index is 2.42. The predicted molar refractivity (Wildman–Crippen MR) is 45.1 cm³/mol. The molecule has 0 aliphatic heterocycles. The maximum Gasteiger partial charge on any atom is 0.0917 e. The van der Waals surface area contributed by atoms with Crippen molar-refractivity contribution in [1.82, 2.24) is 0 Å². The standard InChI is InChI=1S/C7H7BrOS/c8-6-4-10-3-5(6)7(9)1-2-7/h3-4,9H,1-2H2. The molecule has 54 valence electrons. The smallest absolute Gasteiger partial charge is 0.0917 e. The minimum atomic E-state index is -0.473. The second-order valence-corrected chi connectivity index (χ2v) is 4.26. The average molecular weight is 219 g/mol. The van der Waals surface area contributed by atoms with E-state index in [0.29, 0.717) is 0 Å². The maximum absolute atomic E-state index is 9.65. The van der Waals surface area contributed by atoms with E-state index in [1.54, 1.807) is 11.3 Å². The van der Waals surface area contributed by atoms with Gasteiger partial charge in [-0.05, 0) is 34.2 Å². The van der Waals surface area contributed by atoms with Gasteiger partial charge in [-0.1, -0.05) is 0 Å². The molecule has 0 amide bonds. The molecule has 10 heavy (non-hydrogen) atoms. The lowest BCUT2D eigenvalue weighted by Crippen LogP contribution is -2.02. The van der Waals surface area contributed by atoms with E-state index in [1.165, 1.54) is 0 Å². The molecule has 1 aliphatic carbocycles. The Labute approximate surface area is 71.8 Å². The van der Waals surface area contributed by atoms with Crippen molar-refractivity contribution in [1.29, 1.82) is 0 Å². The highest BCUT2D eigenvalue weighted by Gasteiger charge is 2.43. The van der Waals surface area contributed by atoms with Gasteiger partial charge in [0, 0.05) is 15.4 Å². The zero-order valence-corrected chi connectivity index (χ0v) is 7.70. The summed E-state index contributed by atoms with van der Waals surface area (Å²) in [6, 6.07) is 0. The highest BCUT2D eigenvalue weighted by Crippen LogP contribution is 2.48. The summed E-state index contributed by atoms with van der Waals surface area (Å²) in [6.07, 6.45) is 1.84. The monoisotopic (exact) mass is 218 g/mol. The minimum absolute atomic E-state index is 0.473. The Hall–Kier alpha value is 0.140. The highest BCUT2D eigenvalue weighted by molar-refractivity contribution is 9.10. The Kier molecular flexibility index (Phi) is 1.41. The molecule has 1 aromatic rings. The number of hydrogen-bond acceptors (Lipinski definition) is 2. The normalized spacial score (nSPS) is 21.0. The van der Waals surface area contributed by atoms with Crippen molar-refractivity contribution in [2.24, 2.45) is 0 Å². The van der Waals surface area contributed by atoms with Gasteiger partial charge in [-0.15, -0.1) is 0 Å². The van der Waals surface area contributed by atoms with Crippen LogP contribution in [0.4, 0.5) is 0 Å². The lowest BCUT2D eigenvalue weighted by atomic mass is 10.2. The van der Waals surface area contributed by atoms with Gasteiger partial charge in [-0.3, -0.25) is 0 Å². The predicted octanol–water partition coefficient (Wildman–Crippen LogP) is 2.49. The number of aliphatic hydroxyl groups is 1. The van der Waals surface area contributed by atoms with Crippen LogP contribution in [0.3, 0.4) is 0 Å². The molecule has 2 rings (SSSR count). The van der Waals surface area contributed by atoms with Crippen LogP contribution in [0.1, 0.15) is 18.4 Å². The summed E-state index contributed by atoms with van der Waals surface area (Å²) in [7, 11) is 0. The van der Waals surface area contributed by atoms with Gasteiger partial charge in [-0.25, -0.2) is 0 Å². The molecule has 0 spiro atoms. The number of halogens is 1. The third-order valence-electron chi connectivity index (χ3n) is 1.84. The fourth-order valence-electron chi connectivity index (χ4n) is 1.00. The third kappa shape index (κ3) is 0.929. The summed E-state index contributed by atoms with van der Waals surface area (Å²) < 4.78 is 1.05. The molecule has 1 saturated carbocycles. The van der Waals surface area contributed by atoms with Crippen LogP contribution in [-0.4, -0.2) is 5.11 Å². The van der Waals surface area contributed by atoms with Crippen LogP contribution >= 0.6 is 27.3 Å². The highest BCUT2D eigenvalue weighted by atomic mass is 79.9. The van der Waals surface area contributed by atoms with Gasteiger partial charge in [0.2, 0.25) is 0 Å². The van der Waals surface area contributed by atoms with Crippen molar-refractivity contribution in [3.05, 3.63) is 20.8 Å². The van der Waals surface area contributed by atoms with E-state index in [2.05, 4.69) is 15.9 Å². The molecular formula is C7H7BrOS. The Morgan fingerprint density at radius 2 is 2.20 bits per heavy atom. The second-order valence-electron chi connectivity index (χ2n) is 2.66. The fourth-order valence-corrected chi connectivity index (χ4v) is 2.76. The summed E-state index contributed by atoms with van der Waals surface area (Å²) in [5.74, 6) is 0. The molecular weight excluding hydrogens is 212 g/mol. The van der Waals surface area contributed by atoms with E-state index in [4.69, 9.17) is 0 Å². The first-order chi connectivity index (χ1) is 4.72. The van der Waals surface area contributed by atoms with Crippen LogP contribution in [0.5, 0.6) is 0 Å². The van der Waals surface area contributed by atoms with Crippen molar-refractivity contribution < 1.29 is 5.11 Å². The van der Waals surface area contributed by atoms with Crippen molar-refractivity contribution in [2.45, 2.75) is 18.4 Å². The summed E-state index contributed by atoms with van der Waals surface area (Å²) >= 11 is 5.02. The van der Waals surface area contributed by atoms with Gasteiger partial charge in [-0.2, -0.15) is 11.3 Å². The Morgan fingerprint density at radius 3 is 2.60 bits per heavy atom. The van der Waals surface area contributed by atoms with E-state index in [0.717, 1.165) is 22.9 Å². The summed E-state index contributed by atoms with van der Waals surface area (Å²) in [4.78, 5) is 0. The zero-order chi connectivity index (χ0) is 7.19. The topological polar surface area (TPSA) is 20.2 Å². The Bertz CT molecular complexity index is 252. The third-order valence-corrected chi connectivity index (χ3v) is 3.54. The molecule has 1 N–H and O–H groups in total. The van der Waals surface area contributed by atoms with Crippen molar-refractivity contribution in [3.8, 4) is 0 Å². The van der Waals surface area contributed by atoms with E-state index >= 15 is 0 Å². The molecule has 3 heteroatoms. The fraction of sp³-hybridized carbons (Fsp3) is 0.429. The first kappa shape index (κ1) is 6.83. The first-order valence-corrected chi connectivity index (χ1v) is 4.90. The largest absolute Gasteiger partial charge is 0.385 e. The van der Waals surface area contributed by atoms with Crippen LogP contribution in [0.2, 0.25) is 0 Å². The van der Waals surface area contributed by atoms with Crippen molar-refractivity contribution in [3.63, 3.8) is 0 Å². The van der Waals surface area contributed by atoms with Gasteiger partial charge in [0.05, 0.1) is 5.60 Å². The molecule has 1 aromatic heterocycles. The average Bonchev–Trinajstić information content (AvgIpc) is 2.44. The molecule has 0 bridgehead atoms. The van der Waals surface area contributed by atoms with Crippen LogP contribution in [0, 0.1) is 0 Å². The maximum atomic E-state index is 9.65. The minimum Gasteiger partial charge on any atom is -0.385 e. The zero-order valence-electron chi connectivity index (χ0n) is 5.30. The summed E-state index contributed by atoms with van der Waals surface area (Å²) in [5.41, 5.74) is 0.594. The van der Waals surface area contributed by atoms with E-state index < -0.39 is 5.60 Å². The molecule has 1 nitrogen and oxygen atoms in total. The van der Waals surface area contributed by atoms with Crippen LogP contribution < -0.4 is 0 Å². The van der Waals surface area contributed by atoms with Gasteiger partial charge >= 0.3 is 0 Å². The Morgan fingerprint density at radius 1 is 1.50 bits per heavy atom. The van der Waals surface area contributed by atoms with E-state index in [1.807, 2.05) is 10.8 Å². The van der Waals surface area contributed by atoms with Crippen molar-refractivity contribution >= 4 is 27.3 Å². The molecule has 1 heterocycles. The quantitative estimate of drug-likeness (QED) is 0.769. The lowest BCUT2D eigenvalue weighted by molar-refractivity contribution is 0.151. The molecule has 1 fully saturated rings. The molecule has 0 radical (unpaired) electrons. The van der Waals surface area contributed by atoms with E-state index in [9.17, 15) is 5.11 Å². The second kappa shape index (κ2) is 2.06. The SMILES string of the molecule is OC1(c2cscc2Br)CC1. The van der Waals surface area contributed by atoms with Crippen LogP contribution in [-0.2, 0) is 5.60 Å². The van der Waals surface area contributed by atoms with Crippen LogP contribution in [0.25, 0.3) is 0 Å². The number of rotatable bonds is 1. The molecule has 0 atom stereocenters. The van der Waals surface area contributed by atoms with Gasteiger partial charge in [0.15, 0.2) is 0 Å². The van der Waals surface area contributed by atoms with Gasteiger partial charge in [0.25, 0.3) is 0 Å². The molecule has 0 unspecified atom stereocenters.